The summed E-state index contributed by atoms with van der Waals surface area (Å²) in [4.78, 5) is 17.4. The van der Waals surface area contributed by atoms with Crippen LogP contribution in [0.5, 0.6) is 0 Å². The van der Waals surface area contributed by atoms with Crippen LogP contribution in [0.15, 0.2) is 12.3 Å². The van der Waals surface area contributed by atoms with Gasteiger partial charge >= 0.3 is 12.3 Å². The van der Waals surface area contributed by atoms with Crippen molar-refractivity contribution in [2.24, 2.45) is 0 Å². The van der Waals surface area contributed by atoms with E-state index in [9.17, 15) is 18.0 Å². The van der Waals surface area contributed by atoms with E-state index in [1.807, 2.05) is 6.92 Å². The molecule has 1 aliphatic rings. The highest BCUT2D eigenvalue weighted by Crippen LogP contribution is 2.36. The van der Waals surface area contributed by atoms with Crippen LogP contribution in [0.4, 0.5) is 29.5 Å². The monoisotopic (exact) mass is 331 g/mol. The Morgan fingerprint density at radius 3 is 2.70 bits per heavy atom. The first-order valence-corrected chi connectivity index (χ1v) is 7.67. The Balaban J connectivity index is 2.16. The van der Waals surface area contributed by atoms with Gasteiger partial charge in [-0.05, 0) is 25.3 Å². The molecule has 0 saturated carbocycles. The van der Waals surface area contributed by atoms with Crippen molar-refractivity contribution in [2.75, 3.05) is 29.9 Å². The topological polar surface area (TPSA) is 54.5 Å². The molecular formula is C15H20F3N3O2. The second-order valence-corrected chi connectivity index (χ2v) is 5.39. The molecule has 1 aliphatic heterocycles. The number of alkyl halides is 3. The van der Waals surface area contributed by atoms with Crippen LogP contribution in [0.1, 0.15) is 38.2 Å². The standard InChI is InChI=1S/C15H20F3N3O2/c1-2-3-8-23-14(22)20-12-10-19-13(21-6-4-5-7-21)9-11(12)15(16,17)18/h9-10H,2-8H2,1H3,(H,20,22). The maximum absolute atomic E-state index is 13.2. The molecule has 8 heteroatoms. The highest BCUT2D eigenvalue weighted by Gasteiger charge is 2.35. The van der Waals surface area contributed by atoms with Gasteiger partial charge in [0.1, 0.15) is 5.82 Å². The molecule has 1 aromatic heterocycles. The van der Waals surface area contributed by atoms with Crippen LogP contribution in [0.25, 0.3) is 0 Å². The molecule has 2 heterocycles. The van der Waals surface area contributed by atoms with E-state index in [2.05, 4.69) is 10.3 Å². The summed E-state index contributed by atoms with van der Waals surface area (Å²) in [5.74, 6) is 0.278. The van der Waals surface area contributed by atoms with Crippen molar-refractivity contribution < 1.29 is 22.7 Å². The molecule has 0 aromatic carbocycles. The van der Waals surface area contributed by atoms with E-state index in [1.54, 1.807) is 4.90 Å². The molecule has 5 nitrogen and oxygen atoms in total. The van der Waals surface area contributed by atoms with Crippen LogP contribution < -0.4 is 10.2 Å². The van der Waals surface area contributed by atoms with Gasteiger partial charge in [-0.2, -0.15) is 13.2 Å². The second kappa shape index (κ2) is 7.52. The summed E-state index contributed by atoms with van der Waals surface area (Å²) in [6, 6.07) is 0.979. The van der Waals surface area contributed by atoms with Crippen LogP contribution >= 0.6 is 0 Å². The van der Waals surface area contributed by atoms with Gasteiger partial charge in [0.2, 0.25) is 0 Å². The second-order valence-electron chi connectivity index (χ2n) is 5.39. The van der Waals surface area contributed by atoms with Gasteiger partial charge in [-0.25, -0.2) is 9.78 Å². The first-order valence-electron chi connectivity index (χ1n) is 7.67. The molecule has 23 heavy (non-hydrogen) atoms. The third kappa shape index (κ3) is 4.74. The first kappa shape index (κ1) is 17.4. The molecule has 1 amide bonds. The number of hydrogen-bond donors (Lipinski definition) is 1. The van der Waals surface area contributed by atoms with Crippen LogP contribution in [0, 0.1) is 0 Å². The number of nitrogens with zero attached hydrogens (tertiary/aromatic N) is 2. The van der Waals surface area contributed by atoms with E-state index in [1.165, 1.54) is 0 Å². The summed E-state index contributed by atoms with van der Waals surface area (Å²) in [5.41, 5.74) is -1.30. The van der Waals surface area contributed by atoms with Crippen molar-refractivity contribution in [1.82, 2.24) is 4.98 Å². The van der Waals surface area contributed by atoms with Gasteiger partial charge in [0.15, 0.2) is 0 Å². The zero-order chi connectivity index (χ0) is 16.9. The van der Waals surface area contributed by atoms with Gasteiger partial charge in [0.25, 0.3) is 0 Å². The quantitative estimate of drug-likeness (QED) is 0.827. The summed E-state index contributed by atoms with van der Waals surface area (Å²) in [5, 5.41) is 2.13. The number of pyridine rings is 1. The number of halogens is 3. The molecule has 1 saturated heterocycles. The van der Waals surface area contributed by atoms with E-state index < -0.39 is 17.8 Å². The lowest BCUT2D eigenvalue weighted by molar-refractivity contribution is -0.136. The lowest BCUT2D eigenvalue weighted by Gasteiger charge is -2.20. The minimum absolute atomic E-state index is 0.170. The molecule has 0 aliphatic carbocycles. The van der Waals surface area contributed by atoms with Gasteiger partial charge in [-0.3, -0.25) is 5.32 Å². The van der Waals surface area contributed by atoms with Gasteiger partial charge in [0.05, 0.1) is 24.1 Å². The van der Waals surface area contributed by atoms with Crippen LogP contribution in [-0.4, -0.2) is 30.8 Å². The fourth-order valence-corrected chi connectivity index (χ4v) is 2.35. The Morgan fingerprint density at radius 2 is 2.09 bits per heavy atom. The smallest absolute Gasteiger partial charge is 0.418 e. The third-order valence-electron chi connectivity index (χ3n) is 3.59. The summed E-state index contributed by atoms with van der Waals surface area (Å²) in [6.45, 7) is 3.47. The van der Waals surface area contributed by atoms with Gasteiger partial charge in [-0.1, -0.05) is 13.3 Å². The summed E-state index contributed by atoms with van der Waals surface area (Å²) >= 11 is 0. The predicted octanol–water partition coefficient (Wildman–Crippen LogP) is 4.05. The van der Waals surface area contributed by atoms with Gasteiger partial charge < -0.3 is 9.64 Å². The zero-order valence-corrected chi connectivity index (χ0v) is 12.9. The highest BCUT2D eigenvalue weighted by atomic mass is 19.4. The van der Waals surface area contributed by atoms with Crippen LogP contribution in [0.2, 0.25) is 0 Å². The van der Waals surface area contributed by atoms with Crippen LogP contribution in [0.3, 0.4) is 0 Å². The number of carbonyl (C=O) groups is 1. The van der Waals surface area contributed by atoms with Crippen molar-refractivity contribution in [3.63, 3.8) is 0 Å². The van der Waals surface area contributed by atoms with E-state index in [0.29, 0.717) is 19.5 Å². The van der Waals surface area contributed by atoms with E-state index in [0.717, 1.165) is 31.5 Å². The molecule has 1 fully saturated rings. The van der Waals surface area contributed by atoms with Gasteiger partial charge in [0, 0.05) is 13.1 Å². The minimum atomic E-state index is -4.58. The lowest BCUT2D eigenvalue weighted by Crippen LogP contribution is -2.22. The normalized spacial score (nSPS) is 14.9. The first-order chi connectivity index (χ1) is 10.9. The average Bonchev–Trinajstić information content (AvgIpc) is 3.01. The Labute approximate surface area is 132 Å². The summed E-state index contributed by atoms with van der Waals surface area (Å²) in [7, 11) is 0. The fourth-order valence-electron chi connectivity index (χ4n) is 2.35. The Hall–Kier alpha value is -1.99. The fraction of sp³-hybridized carbons (Fsp3) is 0.600. The molecule has 0 bridgehead atoms. The number of rotatable bonds is 5. The molecule has 0 unspecified atom stereocenters. The number of aromatic nitrogens is 1. The maximum Gasteiger partial charge on any atom is 0.418 e. The molecular weight excluding hydrogens is 311 g/mol. The number of carbonyl (C=O) groups excluding carboxylic acids is 1. The summed E-state index contributed by atoms with van der Waals surface area (Å²) < 4.78 is 44.5. The molecule has 0 spiro atoms. The largest absolute Gasteiger partial charge is 0.449 e. The highest BCUT2D eigenvalue weighted by molar-refractivity contribution is 5.85. The van der Waals surface area contributed by atoms with Crippen molar-refractivity contribution in [2.45, 2.75) is 38.8 Å². The molecule has 0 radical (unpaired) electrons. The Bertz CT molecular complexity index is 543. The summed E-state index contributed by atoms with van der Waals surface area (Å²) in [6.07, 6.45) is -1.08. The maximum atomic E-state index is 13.2. The lowest BCUT2D eigenvalue weighted by atomic mass is 10.2. The van der Waals surface area contributed by atoms with Gasteiger partial charge in [-0.15, -0.1) is 0 Å². The number of nitrogens with one attached hydrogen (secondary N) is 1. The van der Waals surface area contributed by atoms with E-state index in [-0.39, 0.29) is 18.1 Å². The molecule has 1 aromatic rings. The van der Waals surface area contributed by atoms with Crippen molar-refractivity contribution in [1.29, 1.82) is 0 Å². The Kier molecular flexibility index (Phi) is 5.68. The number of unbranched alkanes of at least 4 members (excludes halogenated alkanes) is 1. The van der Waals surface area contributed by atoms with Crippen LogP contribution in [-0.2, 0) is 10.9 Å². The third-order valence-corrected chi connectivity index (χ3v) is 3.59. The molecule has 128 valence electrons. The average molecular weight is 331 g/mol. The van der Waals surface area contributed by atoms with E-state index >= 15 is 0 Å². The molecule has 1 N–H and O–H groups in total. The minimum Gasteiger partial charge on any atom is -0.449 e. The van der Waals surface area contributed by atoms with Crippen molar-refractivity contribution in [3.05, 3.63) is 17.8 Å². The van der Waals surface area contributed by atoms with Crippen molar-refractivity contribution in [3.8, 4) is 0 Å². The van der Waals surface area contributed by atoms with E-state index in [4.69, 9.17) is 4.74 Å². The molecule has 2 rings (SSSR count). The zero-order valence-electron chi connectivity index (χ0n) is 12.9. The van der Waals surface area contributed by atoms with Crippen molar-refractivity contribution >= 4 is 17.6 Å². The number of amides is 1. The number of anilines is 2. The number of hydrogen-bond acceptors (Lipinski definition) is 4. The molecule has 0 atom stereocenters. The Morgan fingerprint density at radius 1 is 1.39 bits per heavy atom. The predicted molar refractivity (Wildman–Crippen MR) is 80.6 cm³/mol. The number of ether oxygens (including phenoxy) is 1. The SMILES string of the molecule is CCCCOC(=O)Nc1cnc(N2CCCC2)cc1C(F)(F)F.